The fraction of sp³-hybridized carbons (Fsp3) is 0.429. The summed E-state index contributed by atoms with van der Waals surface area (Å²) in [6.07, 6.45) is 6.46. The quantitative estimate of drug-likeness (QED) is 0.871. The smallest absolute Gasteiger partial charge is 0.337 e. The van der Waals surface area contributed by atoms with Gasteiger partial charge in [0, 0.05) is 12.4 Å². The van der Waals surface area contributed by atoms with Crippen LogP contribution in [0.5, 0.6) is 0 Å². The summed E-state index contributed by atoms with van der Waals surface area (Å²) >= 11 is 0. The van der Waals surface area contributed by atoms with Crippen molar-refractivity contribution in [3.8, 4) is 0 Å². The van der Waals surface area contributed by atoms with E-state index in [9.17, 15) is 4.79 Å². The maximum atomic E-state index is 10.2. The molecule has 1 aliphatic rings. The van der Waals surface area contributed by atoms with Gasteiger partial charge in [0.25, 0.3) is 0 Å². The van der Waals surface area contributed by atoms with Crippen LogP contribution < -0.4 is 5.32 Å². The number of carbonyl (C=O) groups is 1. The van der Waals surface area contributed by atoms with Gasteiger partial charge in [0.15, 0.2) is 5.82 Å². The largest absolute Gasteiger partial charge is 0.478 e. The number of pyridine rings is 1. The van der Waals surface area contributed by atoms with E-state index in [2.05, 4.69) is 20.4 Å². The van der Waals surface area contributed by atoms with E-state index in [1.165, 1.54) is 31.3 Å². The molecule has 3 heterocycles. The Labute approximate surface area is 122 Å². The van der Waals surface area contributed by atoms with Gasteiger partial charge in [-0.05, 0) is 38.4 Å². The molecular weight excluding hydrogens is 272 g/mol. The SMILES string of the molecule is Cc1noc(C2CCCCN2)n1.O=C(O)c1cccnc1. The molecule has 3 rings (SSSR count). The number of aromatic nitrogens is 3. The van der Waals surface area contributed by atoms with Gasteiger partial charge < -0.3 is 14.9 Å². The Hall–Kier alpha value is -2.28. The van der Waals surface area contributed by atoms with Gasteiger partial charge in [-0.25, -0.2) is 4.79 Å². The number of hydrogen-bond acceptors (Lipinski definition) is 6. The number of carboxylic acids is 1. The Balaban J connectivity index is 0.000000161. The number of rotatable bonds is 2. The molecule has 7 nitrogen and oxygen atoms in total. The molecular formula is C14H18N4O3. The first-order valence-electron chi connectivity index (χ1n) is 6.83. The average Bonchev–Trinajstić information content (AvgIpc) is 2.96. The first-order valence-corrected chi connectivity index (χ1v) is 6.83. The van der Waals surface area contributed by atoms with Gasteiger partial charge in [0.1, 0.15) is 0 Å². The molecule has 0 aromatic carbocycles. The fourth-order valence-corrected chi connectivity index (χ4v) is 2.01. The predicted octanol–water partition coefficient (Wildman–Crippen LogP) is 1.97. The van der Waals surface area contributed by atoms with Crippen LogP contribution in [0.2, 0.25) is 0 Å². The van der Waals surface area contributed by atoms with Gasteiger partial charge in [-0.3, -0.25) is 4.98 Å². The zero-order valence-corrected chi connectivity index (χ0v) is 11.8. The summed E-state index contributed by atoms with van der Waals surface area (Å²) in [5, 5.41) is 15.5. The van der Waals surface area contributed by atoms with Crippen LogP contribution in [0.4, 0.5) is 0 Å². The molecule has 1 atom stereocenters. The van der Waals surface area contributed by atoms with Crippen molar-refractivity contribution in [2.75, 3.05) is 6.54 Å². The minimum absolute atomic E-state index is 0.220. The number of carboxylic acid groups (broad SMARTS) is 1. The minimum atomic E-state index is -0.942. The molecule has 0 radical (unpaired) electrons. The molecule has 0 saturated carbocycles. The van der Waals surface area contributed by atoms with E-state index in [0.29, 0.717) is 6.04 Å². The van der Waals surface area contributed by atoms with Crippen LogP contribution in [0.25, 0.3) is 0 Å². The van der Waals surface area contributed by atoms with Crippen LogP contribution in [0.15, 0.2) is 29.0 Å². The second kappa shape index (κ2) is 7.49. The molecule has 1 aliphatic heterocycles. The molecule has 0 amide bonds. The lowest BCUT2D eigenvalue weighted by molar-refractivity contribution is 0.0696. The van der Waals surface area contributed by atoms with Crippen LogP contribution in [0.3, 0.4) is 0 Å². The molecule has 1 fully saturated rings. The fourth-order valence-electron chi connectivity index (χ4n) is 2.01. The van der Waals surface area contributed by atoms with Crippen LogP contribution >= 0.6 is 0 Å². The van der Waals surface area contributed by atoms with Crippen molar-refractivity contribution in [1.29, 1.82) is 0 Å². The normalized spacial score (nSPS) is 17.7. The zero-order chi connectivity index (χ0) is 15.1. The molecule has 21 heavy (non-hydrogen) atoms. The molecule has 7 heteroatoms. The molecule has 0 spiro atoms. The summed E-state index contributed by atoms with van der Waals surface area (Å²) in [6.45, 7) is 2.90. The van der Waals surface area contributed by atoms with Crippen molar-refractivity contribution in [2.24, 2.45) is 0 Å². The van der Waals surface area contributed by atoms with Crippen molar-refractivity contribution in [3.63, 3.8) is 0 Å². The van der Waals surface area contributed by atoms with Gasteiger partial charge in [0.05, 0.1) is 11.6 Å². The van der Waals surface area contributed by atoms with Crippen molar-refractivity contribution >= 4 is 5.97 Å². The predicted molar refractivity (Wildman–Crippen MR) is 74.8 cm³/mol. The van der Waals surface area contributed by atoms with E-state index in [-0.39, 0.29) is 5.56 Å². The third-order valence-corrected chi connectivity index (χ3v) is 3.06. The number of aromatic carboxylic acids is 1. The van der Waals surface area contributed by atoms with E-state index < -0.39 is 5.97 Å². The van der Waals surface area contributed by atoms with Crippen LogP contribution in [0.1, 0.15) is 47.4 Å². The highest BCUT2D eigenvalue weighted by Gasteiger charge is 2.19. The second-order valence-electron chi connectivity index (χ2n) is 4.73. The molecule has 2 N–H and O–H groups in total. The van der Waals surface area contributed by atoms with Crippen LogP contribution in [-0.2, 0) is 0 Å². The van der Waals surface area contributed by atoms with E-state index >= 15 is 0 Å². The van der Waals surface area contributed by atoms with Gasteiger partial charge in [-0.1, -0.05) is 11.6 Å². The lowest BCUT2D eigenvalue weighted by Gasteiger charge is -2.19. The molecule has 0 bridgehead atoms. The third-order valence-electron chi connectivity index (χ3n) is 3.06. The van der Waals surface area contributed by atoms with Crippen LogP contribution in [-0.4, -0.2) is 32.7 Å². The van der Waals surface area contributed by atoms with E-state index in [1.54, 1.807) is 6.07 Å². The lowest BCUT2D eigenvalue weighted by atomic mass is 10.1. The van der Waals surface area contributed by atoms with Crippen molar-refractivity contribution < 1.29 is 14.4 Å². The first kappa shape index (κ1) is 15.1. The van der Waals surface area contributed by atoms with Gasteiger partial charge >= 0.3 is 5.97 Å². The number of piperidine rings is 1. The lowest BCUT2D eigenvalue weighted by Crippen LogP contribution is -2.26. The van der Waals surface area contributed by atoms with E-state index in [0.717, 1.165) is 24.7 Å². The number of aryl methyl sites for hydroxylation is 1. The monoisotopic (exact) mass is 290 g/mol. The van der Waals surface area contributed by atoms with Crippen LogP contribution in [0, 0.1) is 6.92 Å². The number of nitrogens with zero attached hydrogens (tertiary/aromatic N) is 3. The van der Waals surface area contributed by atoms with Crippen molar-refractivity contribution in [3.05, 3.63) is 41.8 Å². The molecule has 2 aromatic rings. The topological polar surface area (TPSA) is 101 Å². The highest BCUT2D eigenvalue weighted by Crippen LogP contribution is 2.20. The molecule has 1 unspecified atom stereocenters. The Morgan fingerprint density at radius 1 is 1.48 bits per heavy atom. The van der Waals surface area contributed by atoms with E-state index in [1.807, 2.05) is 6.92 Å². The van der Waals surface area contributed by atoms with Gasteiger partial charge in [-0.2, -0.15) is 4.98 Å². The summed E-state index contributed by atoms with van der Waals surface area (Å²) in [4.78, 5) is 18.0. The highest BCUT2D eigenvalue weighted by molar-refractivity contribution is 5.86. The first-order chi connectivity index (χ1) is 10.2. The summed E-state index contributed by atoms with van der Waals surface area (Å²) in [5.74, 6) is 0.521. The zero-order valence-electron chi connectivity index (χ0n) is 11.8. The number of nitrogens with one attached hydrogen (secondary N) is 1. The summed E-state index contributed by atoms with van der Waals surface area (Å²) in [7, 11) is 0. The highest BCUT2D eigenvalue weighted by atomic mass is 16.5. The Bertz CT molecular complexity index is 565. The second-order valence-corrected chi connectivity index (χ2v) is 4.73. The van der Waals surface area contributed by atoms with Gasteiger partial charge in [-0.15, -0.1) is 0 Å². The molecule has 2 aromatic heterocycles. The Kier molecular flexibility index (Phi) is 5.39. The maximum Gasteiger partial charge on any atom is 0.337 e. The molecule has 112 valence electrons. The molecule has 1 saturated heterocycles. The number of hydrogen-bond donors (Lipinski definition) is 2. The van der Waals surface area contributed by atoms with E-state index in [4.69, 9.17) is 9.63 Å². The standard InChI is InChI=1S/C8H13N3O.C6H5NO2/c1-6-10-8(12-11-6)7-4-2-3-5-9-7;8-6(9)5-2-1-3-7-4-5/h7,9H,2-5H2,1H3;1-4H,(H,8,9). The maximum absolute atomic E-state index is 10.2. The molecule has 0 aliphatic carbocycles. The minimum Gasteiger partial charge on any atom is -0.478 e. The third kappa shape index (κ3) is 4.64. The van der Waals surface area contributed by atoms with Crippen molar-refractivity contribution in [2.45, 2.75) is 32.2 Å². The Morgan fingerprint density at radius 3 is 2.81 bits per heavy atom. The average molecular weight is 290 g/mol. The Morgan fingerprint density at radius 2 is 2.33 bits per heavy atom. The van der Waals surface area contributed by atoms with Gasteiger partial charge in [0.2, 0.25) is 5.89 Å². The summed E-state index contributed by atoms with van der Waals surface area (Å²) in [5.41, 5.74) is 0.220. The summed E-state index contributed by atoms with van der Waals surface area (Å²) < 4.78 is 5.08. The summed E-state index contributed by atoms with van der Waals surface area (Å²) in [6, 6.07) is 3.37. The van der Waals surface area contributed by atoms with Crippen molar-refractivity contribution in [1.82, 2.24) is 20.4 Å².